The van der Waals surface area contributed by atoms with Crippen LogP contribution in [0.3, 0.4) is 0 Å². The standard InChI is InChI=1S/C58H111NO5/c1-4-7-10-13-16-19-22-25-27-28-29-31-33-36-39-42-45-48-51-58(63)64-54(49-46-43-40-37-34-24-21-18-15-12-9-6-3)52-57(62)59-55(53-60)56(61)50-47-44-41-38-35-32-30-26-23-20-17-14-11-8-5-2/h29,31,37,40,54-56,60-61H,4-28,30,32-36,38-39,41-53H2,1-3H3,(H,59,62)/b31-29+,40-37-. The topological polar surface area (TPSA) is 95.9 Å². The number of nitrogens with one attached hydrogen (secondary N) is 1. The van der Waals surface area contributed by atoms with Gasteiger partial charge in [-0.1, -0.05) is 251 Å². The number of carbonyl (C=O) groups is 2. The minimum absolute atomic E-state index is 0.0578. The monoisotopic (exact) mass is 902 g/mol. The molecule has 0 aromatic rings. The third-order valence-corrected chi connectivity index (χ3v) is 13.3. The van der Waals surface area contributed by atoms with Crippen LogP contribution in [-0.2, 0) is 14.3 Å². The summed E-state index contributed by atoms with van der Waals surface area (Å²) < 4.78 is 5.93. The molecule has 6 nitrogen and oxygen atoms in total. The highest BCUT2D eigenvalue weighted by Crippen LogP contribution is 2.18. The molecule has 3 unspecified atom stereocenters. The molecule has 0 bridgehead atoms. The summed E-state index contributed by atoms with van der Waals surface area (Å²) in [6.07, 6.45) is 61.1. The van der Waals surface area contributed by atoms with Crippen molar-refractivity contribution in [3.8, 4) is 0 Å². The lowest BCUT2D eigenvalue weighted by molar-refractivity contribution is -0.151. The number of hydrogen-bond donors (Lipinski definition) is 3. The third-order valence-electron chi connectivity index (χ3n) is 13.3. The molecule has 3 N–H and O–H groups in total. The lowest BCUT2D eigenvalue weighted by Crippen LogP contribution is -2.46. The predicted octanol–water partition coefficient (Wildman–Crippen LogP) is 17.5. The van der Waals surface area contributed by atoms with Crippen molar-refractivity contribution in [2.45, 2.75) is 328 Å². The van der Waals surface area contributed by atoms with Crippen LogP contribution in [0, 0.1) is 0 Å². The largest absolute Gasteiger partial charge is 0.462 e. The van der Waals surface area contributed by atoms with Crippen LogP contribution in [0.15, 0.2) is 24.3 Å². The van der Waals surface area contributed by atoms with Crippen molar-refractivity contribution in [2.75, 3.05) is 6.61 Å². The fourth-order valence-corrected chi connectivity index (χ4v) is 8.90. The molecule has 378 valence electrons. The van der Waals surface area contributed by atoms with Crippen LogP contribution in [0.25, 0.3) is 0 Å². The van der Waals surface area contributed by atoms with Crippen molar-refractivity contribution >= 4 is 11.9 Å². The summed E-state index contributed by atoms with van der Waals surface area (Å²) >= 11 is 0. The number of aliphatic hydroxyl groups is 2. The summed E-state index contributed by atoms with van der Waals surface area (Å²) in [6.45, 7) is 6.50. The first-order chi connectivity index (χ1) is 31.5. The quantitative estimate of drug-likeness (QED) is 0.0321. The number of amides is 1. The minimum atomic E-state index is -0.793. The van der Waals surface area contributed by atoms with Gasteiger partial charge in [-0.2, -0.15) is 0 Å². The molecule has 1 amide bonds. The Bertz CT molecular complexity index is 1010. The average molecular weight is 903 g/mol. The van der Waals surface area contributed by atoms with Crippen LogP contribution in [0.4, 0.5) is 0 Å². The second-order valence-corrected chi connectivity index (χ2v) is 19.7. The van der Waals surface area contributed by atoms with E-state index in [9.17, 15) is 19.8 Å². The highest BCUT2D eigenvalue weighted by atomic mass is 16.5. The molecule has 3 atom stereocenters. The van der Waals surface area contributed by atoms with Crippen molar-refractivity contribution < 1.29 is 24.5 Å². The molecule has 64 heavy (non-hydrogen) atoms. The normalized spacial score (nSPS) is 13.3. The van der Waals surface area contributed by atoms with E-state index in [-0.39, 0.29) is 24.9 Å². The number of unbranched alkanes of at least 4 members (excludes halogenated alkanes) is 36. The summed E-state index contributed by atoms with van der Waals surface area (Å²) in [5, 5.41) is 23.8. The zero-order valence-corrected chi connectivity index (χ0v) is 43.2. The Morgan fingerprint density at radius 1 is 0.438 bits per heavy atom. The highest BCUT2D eigenvalue weighted by Gasteiger charge is 2.24. The van der Waals surface area contributed by atoms with E-state index < -0.39 is 18.2 Å². The Morgan fingerprint density at radius 3 is 1.14 bits per heavy atom. The first-order valence-electron chi connectivity index (χ1n) is 28.6. The van der Waals surface area contributed by atoms with Gasteiger partial charge in [-0.15, -0.1) is 0 Å². The van der Waals surface area contributed by atoms with Crippen molar-refractivity contribution in [3.63, 3.8) is 0 Å². The zero-order valence-electron chi connectivity index (χ0n) is 43.2. The maximum absolute atomic E-state index is 13.2. The molecular formula is C58H111NO5. The van der Waals surface area contributed by atoms with Gasteiger partial charge in [-0.3, -0.25) is 9.59 Å². The van der Waals surface area contributed by atoms with Crippen LogP contribution in [0.1, 0.15) is 310 Å². The molecule has 6 heteroatoms. The number of aliphatic hydroxyl groups excluding tert-OH is 2. The molecule has 0 aromatic carbocycles. The van der Waals surface area contributed by atoms with E-state index in [1.54, 1.807) is 0 Å². The smallest absolute Gasteiger partial charge is 0.306 e. The minimum Gasteiger partial charge on any atom is -0.462 e. The van der Waals surface area contributed by atoms with Gasteiger partial charge in [-0.25, -0.2) is 0 Å². The van der Waals surface area contributed by atoms with Gasteiger partial charge in [0.2, 0.25) is 5.91 Å². The van der Waals surface area contributed by atoms with E-state index in [1.807, 2.05) is 0 Å². The number of esters is 1. The van der Waals surface area contributed by atoms with Gasteiger partial charge in [0.15, 0.2) is 0 Å². The summed E-state index contributed by atoms with van der Waals surface area (Å²) in [7, 11) is 0. The zero-order chi connectivity index (χ0) is 46.7. The lowest BCUT2D eigenvalue weighted by atomic mass is 10.0. The molecule has 0 heterocycles. The molecule has 0 saturated carbocycles. The first kappa shape index (κ1) is 62.3. The molecule has 0 radical (unpaired) electrons. The predicted molar refractivity (Wildman–Crippen MR) is 278 cm³/mol. The van der Waals surface area contributed by atoms with Crippen molar-refractivity contribution in [1.29, 1.82) is 0 Å². The summed E-state index contributed by atoms with van der Waals surface area (Å²) in [5.74, 6) is -0.497. The van der Waals surface area contributed by atoms with Crippen LogP contribution in [-0.4, -0.2) is 46.9 Å². The fourth-order valence-electron chi connectivity index (χ4n) is 8.90. The van der Waals surface area contributed by atoms with E-state index in [0.717, 1.165) is 57.8 Å². The van der Waals surface area contributed by atoms with E-state index in [0.29, 0.717) is 19.3 Å². The molecule has 0 aliphatic heterocycles. The molecule has 0 aliphatic rings. The Kier molecular flexibility index (Phi) is 51.0. The maximum atomic E-state index is 13.2. The van der Waals surface area contributed by atoms with E-state index in [1.165, 1.54) is 205 Å². The van der Waals surface area contributed by atoms with Gasteiger partial charge in [0.05, 0.1) is 25.2 Å². The highest BCUT2D eigenvalue weighted by molar-refractivity contribution is 5.77. The number of allylic oxidation sites excluding steroid dienone is 4. The van der Waals surface area contributed by atoms with Crippen LogP contribution < -0.4 is 5.32 Å². The van der Waals surface area contributed by atoms with Gasteiger partial charge >= 0.3 is 5.97 Å². The molecule has 0 rings (SSSR count). The molecule has 0 spiro atoms. The molecule has 0 aromatic heterocycles. The van der Waals surface area contributed by atoms with E-state index >= 15 is 0 Å². The number of hydrogen-bond acceptors (Lipinski definition) is 5. The van der Waals surface area contributed by atoms with Gasteiger partial charge in [0, 0.05) is 6.42 Å². The lowest BCUT2D eigenvalue weighted by Gasteiger charge is -2.24. The number of ether oxygens (including phenoxy) is 1. The first-order valence-corrected chi connectivity index (χ1v) is 28.6. The van der Waals surface area contributed by atoms with E-state index in [4.69, 9.17) is 4.74 Å². The Balaban J connectivity index is 4.50. The van der Waals surface area contributed by atoms with Crippen molar-refractivity contribution in [2.24, 2.45) is 0 Å². The Hall–Kier alpha value is -1.66. The Labute approximate surface area is 399 Å². The van der Waals surface area contributed by atoms with Crippen molar-refractivity contribution in [3.05, 3.63) is 24.3 Å². The fraction of sp³-hybridized carbons (Fsp3) is 0.897. The van der Waals surface area contributed by atoms with Gasteiger partial charge in [-0.05, 0) is 70.6 Å². The van der Waals surface area contributed by atoms with E-state index in [2.05, 4.69) is 50.4 Å². The molecule has 0 saturated heterocycles. The van der Waals surface area contributed by atoms with Crippen LogP contribution >= 0.6 is 0 Å². The molecule has 0 fully saturated rings. The van der Waals surface area contributed by atoms with Gasteiger partial charge in [0.1, 0.15) is 6.10 Å². The number of carbonyl (C=O) groups excluding carboxylic acids is 2. The summed E-state index contributed by atoms with van der Waals surface area (Å²) in [5.41, 5.74) is 0. The maximum Gasteiger partial charge on any atom is 0.306 e. The molecule has 0 aliphatic carbocycles. The SMILES string of the molecule is CCCCCCCCC/C=C\CCCC(CC(=O)NC(CO)C(O)CCCCCCCCCCCCCCCCC)OC(=O)CCCCCCC/C=C/CCCCCCCCCCC. The van der Waals surface area contributed by atoms with Crippen LogP contribution in [0.2, 0.25) is 0 Å². The summed E-state index contributed by atoms with van der Waals surface area (Å²) in [6, 6.07) is -0.708. The van der Waals surface area contributed by atoms with Crippen molar-refractivity contribution in [1.82, 2.24) is 5.32 Å². The summed E-state index contributed by atoms with van der Waals surface area (Å²) in [4.78, 5) is 26.2. The third kappa shape index (κ3) is 46.9. The van der Waals surface area contributed by atoms with Gasteiger partial charge in [0.25, 0.3) is 0 Å². The second-order valence-electron chi connectivity index (χ2n) is 19.7. The molecular weight excluding hydrogens is 791 g/mol. The average Bonchev–Trinajstić information content (AvgIpc) is 3.29. The van der Waals surface area contributed by atoms with Crippen LogP contribution in [0.5, 0.6) is 0 Å². The number of rotatable bonds is 52. The van der Waals surface area contributed by atoms with Gasteiger partial charge < -0.3 is 20.3 Å². The second kappa shape index (κ2) is 52.3. The Morgan fingerprint density at radius 2 is 0.766 bits per heavy atom.